The van der Waals surface area contributed by atoms with E-state index in [-0.39, 0.29) is 17.7 Å². The third-order valence-corrected chi connectivity index (χ3v) is 3.21. The molecule has 5 nitrogen and oxygen atoms in total. The predicted octanol–water partition coefficient (Wildman–Crippen LogP) is 2.20. The largest absolute Gasteiger partial charge is 0.508 e. The number of nitrogens with zero attached hydrogens (tertiary/aromatic N) is 2. The van der Waals surface area contributed by atoms with Crippen LogP contribution in [0.3, 0.4) is 0 Å². The van der Waals surface area contributed by atoms with Crippen LogP contribution in [0.2, 0.25) is 0 Å². The van der Waals surface area contributed by atoms with E-state index in [0.29, 0.717) is 12.1 Å². The lowest BCUT2D eigenvalue weighted by atomic mass is 10.1. The summed E-state index contributed by atoms with van der Waals surface area (Å²) in [7, 11) is 0. The quantitative estimate of drug-likeness (QED) is 0.897. The van der Waals surface area contributed by atoms with Gasteiger partial charge in [-0.1, -0.05) is 6.07 Å². The lowest BCUT2D eigenvalue weighted by molar-refractivity contribution is 0.0947. The Labute approximate surface area is 118 Å². The first-order chi connectivity index (χ1) is 9.47. The van der Waals surface area contributed by atoms with Crippen LogP contribution in [0, 0.1) is 13.8 Å². The van der Waals surface area contributed by atoms with E-state index in [1.807, 2.05) is 31.6 Å². The van der Waals surface area contributed by atoms with Crippen LogP contribution >= 0.6 is 0 Å². The van der Waals surface area contributed by atoms with Gasteiger partial charge in [0.1, 0.15) is 5.75 Å². The molecule has 1 heterocycles. The van der Waals surface area contributed by atoms with E-state index in [1.54, 1.807) is 18.3 Å². The van der Waals surface area contributed by atoms with E-state index >= 15 is 0 Å². The summed E-state index contributed by atoms with van der Waals surface area (Å²) < 4.78 is 1.82. The SMILES string of the molecule is Cc1cnn(C(C)CNC(=O)c2cc(O)ccc2C)c1. The fraction of sp³-hybridized carbons (Fsp3) is 0.333. The molecule has 0 saturated carbocycles. The molecule has 0 fully saturated rings. The molecule has 2 N–H and O–H groups in total. The van der Waals surface area contributed by atoms with Gasteiger partial charge < -0.3 is 10.4 Å². The molecule has 5 heteroatoms. The summed E-state index contributed by atoms with van der Waals surface area (Å²) >= 11 is 0. The number of nitrogens with one attached hydrogen (secondary N) is 1. The number of benzene rings is 1. The Balaban J connectivity index is 2.00. The van der Waals surface area contributed by atoms with Crippen LogP contribution in [0.4, 0.5) is 0 Å². The highest BCUT2D eigenvalue weighted by atomic mass is 16.3. The first-order valence-electron chi connectivity index (χ1n) is 6.56. The number of phenolic OH excluding ortho intramolecular Hbond substituents is 1. The molecular weight excluding hydrogens is 254 g/mol. The average Bonchev–Trinajstić information content (AvgIpc) is 2.85. The maximum Gasteiger partial charge on any atom is 0.251 e. The van der Waals surface area contributed by atoms with Crippen molar-refractivity contribution in [3.05, 3.63) is 47.3 Å². The first kappa shape index (κ1) is 14.1. The second-order valence-electron chi connectivity index (χ2n) is 5.06. The van der Waals surface area contributed by atoms with Gasteiger partial charge in [0.2, 0.25) is 0 Å². The highest BCUT2D eigenvalue weighted by Crippen LogP contribution is 2.16. The molecule has 2 rings (SSSR count). The summed E-state index contributed by atoms with van der Waals surface area (Å²) in [5.41, 5.74) is 2.42. The zero-order valence-corrected chi connectivity index (χ0v) is 11.9. The van der Waals surface area contributed by atoms with Crippen LogP contribution in [-0.4, -0.2) is 27.3 Å². The Bertz CT molecular complexity index is 619. The minimum absolute atomic E-state index is 0.0743. The van der Waals surface area contributed by atoms with Gasteiger partial charge in [0.25, 0.3) is 5.91 Å². The summed E-state index contributed by atoms with van der Waals surface area (Å²) in [6.07, 6.45) is 3.73. The molecule has 0 aliphatic rings. The molecule has 0 aliphatic carbocycles. The van der Waals surface area contributed by atoms with Crippen molar-refractivity contribution < 1.29 is 9.90 Å². The van der Waals surface area contributed by atoms with Gasteiger partial charge in [-0.05, 0) is 44.0 Å². The van der Waals surface area contributed by atoms with Crippen molar-refractivity contribution in [1.82, 2.24) is 15.1 Å². The Kier molecular flexibility index (Phi) is 4.08. The molecule has 1 atom stereocenters. The van der Waals surface area contributed by atoms with Gasteiger partial charge in [0.05, 0.1) is 12.2 Å². The molecule has 2 aromatic rings. The van der Waals surface area contributed by atoms with Crippen molar-refractivity contribution in [2.24, 2.45) is 0 Å². The number of amides is 1. The molecule has 1 aromatic heterocycles. The number of carbonyl (C=O) groups excluding carboxylic acids is 1. The second kappa shape index (κ2) is 5.77. The molecule has 0 radical (unpaired) electrons. The fourth-order valence-corrected chi connectivity index (χ4v) is 1.96. The zero-order chi connectivity index (χ0) is 14.7. The van der Waals surface area contributed by atoms with E-state index < -0.39 is 0 Å². The molecule has 0 bridgehead atoms. The third kappa shape index (κ3) is 3.17. The van der Waals surface area contributed by atoms with Gasteiger partial charge in [-0.15, -0.1) is 0 Å². The lowest BCUT2D eigenvalue weighted by Crippen LogP contribution is -2.30. The van der Waals surface area contributed by atoms with Crippen LogP contribution in [0.25, 0.3) is 0 Å². The topological polar surface area (TPSA) is 67.2 Å². The van der Waals surface area contributed by atoms with E-state index in [9.17, 15) is 9.90 Å². The number of carbonyl (C=O) groups is 1. The first-order valence-corrected chi connectivity index (χ1v) is 6.56. The average molecular weight is 273 g/mol. The minimum Gasteiger partial charge on any atom is -0.508 e. The molecule has 0 saturated heterocycles. The zero-order valence-electron chi connectivity index (χ0n) is 11.9. The number of aromatic hydroxyl groups is 1. The number of aromatic nitrogens is 2. The van der Waals surface area contributed by atoms with E-state index in [2.05, 4.69) is 10.4 Å². The lowest BCUT2D eigenvalue weighted by Gasteiger charge is -2.14. The molecule has 1 unspecified atom stereocenters. The Morgan fingerprint density at radius 3 is 2.85 bits per heavy atom. The summed E-state index contributed by atoms with van der Waals surface area (Å²) in [5, 5.41) is 16.5. The van der Waals surface area contributed by atoms with Gasteiger partial charge in [-0.3, -0.25) is 9.48 Å². The van der Waals surface area contributed by atoms with Crippen molar-refractivity contribution in [3.8, 4) is 5.75 Å². The molecule has 106 valence electrons. The van der Waals surface area contributed by atoms with Gasteiger partial charge in [0.15, 0.2) is 0 Å². The van der Waals surface area contributed by atoms with Crippen molar-refractivity contribution in [2.75, 3.05) is 6.54 Å². The summed E-state index contributed by atoms with van der Waals surface area (Å²) in [6.45, 7) is 6.29. The van der Waals surface area contributed by atoms with Gasteiger partial charge in [-0.2, -0.15) is 5.10 Å². The maximum absolute atomic E-state index is 12.1. The summed E-state index contributed by atoms with van der Waals surface area (Å²) in [5.74, 6) is -0.0920. The van der Waals surface area contributed by atoms with E-state index in [4.69, 9.17) is 0 Å². The van der Waals surface area contributed by atoms with Crippen molar-refractivity contribution >= 4 is 5.91 Å². The van der Waals surface area contributed by atoms with Gasteiger partial charge in [-0.25, -0.2) is 0 Å². The Hall–Kier alpha value is -2.30. The standard InChI is InChI=1S/C15H19N3O2/c1-10-7-17-18(9-10)12(3)8-16-15(20)14-6-13(19)5-4-11(14)2/h4-7,9,12,19H,8H2,1-3H3,(H,16,20). The smallest absolute Gasteiger partial charge is 0.251 e. The Morgan fingerprint density at radius 2 is 2.20 bits per heavy atom. The summed E-state index contributed by atoms with van der Waals surface area (Å²) in [6, 6.07) is 4.85. The maximum atomic E-state index is 12.1. The molecule has 0 aliphatic heterocycles. The molecule has 1 amide bonds. The third-order valence-electron chi connectivity index (χ3n) is 3.21. The van der Waals surface area contributed by atoms with Crippen molar-refractivity contribution in [1.29, 1.82) is 0 Å². The molecule has 1 aromatic carbocycles. The highest BCUT2D eigenvalue weighted by molar-refractivity contribution is 5.96. The number of rotatable bonds is 4. The van der Waals surface area contributed by atoms with Gasteiger partial charge in [0, 0.05) is 18.3 Å². The van der Waals surface area contributed by atoms with Crippen LogP contribution < -0.4 is 5.32 Å². The Morgan fingerprint density at radius 1 is 1.45 bits per heavy atom. The number of hydrogen-bond acceptors (Lipinski definition) is 3. The minimum atomic E-state index is -0.186. The number of aryl methyl sites for hydroxylation is 2. The van der Waals surface area contributed by atoms with E-state index in [0.717, 1.165) is 11.1 Å². The normalized spacial score (nSPS) is 12.2. The molecule has 0 spiro atoms. The number of hydrogen-bond donors (Lipinski definition) is 2. The second-order valence-corrected chi connectivity index (χ2v) is 5.06. The van der Waals surface area contributed by atoms with Crippen LogP contribution in [-0.2, 0) is 0 Å². The van der Waals surface area contributed by atoms with Crippen LogP contribution in [0.1, 0.15) is 34.5 Å². The monoisotopic (exact) mass is 273 g/mol. The fourth-order valence-electron chi connectivity index (χ4n) is 1.96. The highest BCUT2D eigenvalue weighted by Gasteiger charge is 2.12. The van der Waals surface area contributed by atoms with E-state index in [1.165, 1.54) is 6.07 Å². The van der Waals surface area contributed by atoms with Crippen molar-refractivity contribution in [3.63, 3.8) is 0 Å². The number of phenols is 1. The van der Waals surface area contributed by atoms with Crippen LogP contribution in [0.15, 0.2) is 30.6 Å². The predicted molar refractivity (Wildman–Crippen MR) is 76.9 cm³/mol. The molecule has 20 heavy (non-hydrogen) atoms. The van der Waals surface area contributed by atoms with Crippen molar-refractivity contribution in [2.45, 2.75) is 26.8 Å². The van der Waals surface area contributed by atoms with Gasteiger partial charge >= 0.3 is 0 Å². The van der Waals surface area contributed by atoms with Crippen LogP contribution in [0.5, 0.6) is 5.75 Å². The summed E-state index contributed by atoms with van der Waals surface area (Å²) in [4.78, 5) is 12.1. The molecular formula is C15H19N3O2.